The van der Waals surface area contributed by atoms with E-state index in [1.54, 1.807) is 22.7 Å². The maximum atomic E-state index is 12.1. The lowest BCUT2D eigenvalue weighted by Gasteiger charge is -1.97. The van der Waals surface area contributed by atoms with Gasteiger partial charge in [0.1, 0.15) is 0 Å². The van der Waals surface area contributed by atoms with Crippen molar-refractivity contribution in [3.8, 4) is 0 Å². The molecule has 78 valence electrons. The van der Waals surface area contributed by atoms with Crippen LogP contribution in [0.3, 0.4) is 0 Å². The van der Waals surface area contributed by atoms with E-state index in [0.29, 0.717) is 0 Å². The Labute approximate surface area is 97.4 Å². The van der Waals surface area contributed by atoms with Gasteiger partial charge in [-0.3, -0.25) is 4.79 Å². The summed E-state index contributed by atoms with van der Waals surface area (Å²) in [6, 6.07) is 4.00. The van der Waals surface area contributed by atoms with Crippen molar-refractivity contribution in [3.63, 3.8) is 0 Å². The van der Waals surface area contributed by atoms with Crippen LogP contribution < -0.4 is 0 Å². The summed E-state index contributed by atoms with van der Waals surface area (Å²) in [6.45, 7) is 4.11. The number of thiophene rings is 2. The van der Waals surface area contributed by atoms with Gasteiger partial charge >= 0.3 is 0 Å². The molecule has 0 saturated heterocycles. The van der Waals surface area contributed by atoms with Crippen LogP contribution in [0.2, 0.25) is 0 Å². The fourth-order valence-corrected chi connectivity index (χ4v) is 3.15. The van der Waals surface area contributed by atoms with Crippen LogP contribution in [0.4, 0.5) is 0 Å². The maximum absolute atomic E-state index is 12.1. The monoisotopic (exact) mass is 236 g/mol. The van der Waals surface area contributed by atoms with E-state index >= 15 is 0 Å². The molecule has 2 rings (SSSR count). The van der Waals surface area contributed by atoms with Gasteiger partial charge in [-0.25, -0.2) is 0 Å². The fraction of sp³-hybridized carbons (Fsp3) is 0.250. The van der Waals surface area contributed by atoms with Crippen molar-refractivity contribution in [2.75, 3.05) is 0 Å². The zero-order valence-electron chi connectivity index (χ0n) is 8.74. The van der Waals surface area contributed by atoms with E-state index in [4.69, 9.17) is 0 Å². The third kappa shape index (κ3) is 2.03. The van der Waals surface area contributed by atoms with Gasteiger partial charge in [-0.15, -0.1) is 22.7 Å². The lowest BCUT2D eigenvalue weighted by molar-refractivity contribution is 0.104. The summed E-state index contributed by atoms with van der Waals surface area (Å²) >= 11 is 3.17. The quantitative estimate of drug-likeness (QED) is 0.738. The van der Waals surface area contributed by atoms with Gasteiger partial charge in [0.2, 0.25) is 5.78 Å². The van der Waals surface area contributed by atoms with E-state index in [9.17, 15) is 4.79 Å². The number of carbonyl (C=O) groups is 1. The molecule has 0 aliphatic heterocycles. The van der Waals surface area contributed by atoms with E-state index in [1.807, 2.05) is 29.8 Å². The minimum atomic E-state index is 0.172. The maximum Gasteiger partial charge on any atom is 0.204 e. The molecule has 0 aliphatic carbocycles. The number of aryl methyl sites for hydroxylation is 2. The minimum absolute atomic E-state index is 0.172. The first-order valence-electron chi connectivity index (χ1n) is 4.88. The average molecular weight is 236 g/mol. The summed E-state index contributed by atoms with van der Waals surface area (Å²) in [7, 11) is 0. The summed E-state index contributed by atoms with van der Waals surface area (Å²) in [6.07, 6.45) is 0.924. The molecule has 0 aliphatic rings. The minimum Gasteiger partial charge on any atom is -0.288 e. The summed E-state index contributed by atoms with van der Waals surface area (Å²) in [5, 5.41) is 3.93. The van der Waals surface area contributed by atoms with Crippen LogP contribution in [0.15, 0.2) is 22.9 Å². The molecule has 0 aromatic carbocycles. The lowest BCUT2D eigenvalue weighted by Crippen LogP contribution is -1.99. The number of hydrogen-bond acceptors (Lipinski definition) is 3. The molecule has 2 aromatic rings. The molecule has 3 heteroatoms. The molecule has 0 amide bonds. The molecule has 0 spiro atoms. The molecule has 0 atom stereocenters. The molecule has 0 N–H and O–H groups in total. The van der Waals surface area contributed by atoms with E-state index < -0.39 is 0 Å². The van der Waals surface area contributed by atoms with Gasteiger partial charge in [0, 0.05) is 15.8 Å². The first-order chi connectivity index (χ1) is 7.22. The first-order valence-corrected chi connectivity index (χ1v) is 6.64. The molecule has 2 heterocycles. The number of rotatable bonds is 3. The number of carbonyl (C=O) groups excluding carboxylic acids is 1. The molecule has 0 fully saturated rings. The largest absolute Gasteiger partial charge is 0.288 e. The standard InChI is InChI=1S/C12H12OS2/c1-3-9-4-5-14-12(9)11(13)10-6-8(2)15-7-10/h4-7H,3H2,1-2H3. The summed E-state index contributed by atoms with van der Waals surface area (Å²) in [5.41, 5.74) is 1.99. The Balaban J connectivity index is 2.36. The molecule has 0 unspecified atom stereocenters. The van der Waals surface area contributed by atoms with Crippen molar-refractivity contribution in [2.24, 2.45) is 0 Å². The molecule has 0 bridgehead atoms. The van der Waals surface area contributed by atoms with Crippen LogP contribution in [-0.4, -0.2) is 5.78 Å². The fourth-order valence-electron chi connectivity index (χ4n) is 1.51. The Kier molecular flexibility index (Phi) is 3.03. The number of ketones is 1. The van der Waals surface area contributed by atoms with Gasteiger partial charge in [0.15, 0.2) is 0 Å². The third-order valence-corrected chi connectivity index (χ3v) is 4.14. The van der Waals surface area contributed by atoms with Crippen molar-refractivity contribution in [3.05, 3.63) is 43.8 Å². The first kappa shape index (κ1) is 10.6. The van der Waals surface area contributed by atoms with Gasteiger partial charge in [-0.2, -0.15) is 0 Å². The second kappa shape index (κ2) is 4.29. The Morgan fingerprint density at radius 2 is 2.20 bits per heavy atom. The predicted molar refractivity (Wildman–Crippen MR) is 66.2 cm³/mol. The highest BCUT2D eigenvalue weighted by Crippen LogP contribution is 2.23. The van der Waals surface area contributed by atoms with Crippen molar-refractivity contribution in [2.45, 2.75) is 20.3 Å². The molecule has 0 radical (unpaired) electrons. The highest BCUT2D eigenvalue weighted by atomic mass is 32.1. The van der Waals surface area contributed by atoms with Gasteiger partial charge in [-0.1, -0.05) is 6.92 Å². The van der Waals surface area contributed by atoms with E-state index in [-0.39, 0.29) is 5.78 Å². The topological polar surface area (TPSA) is 17.1 Å². The normalized spacial score (nSPS) is 10.5. The van der Waals surface area contributed by atoms with Crippen molar-refractivity contribution in [1.82, 2.24) is 0 Å². The Morgan fingerprint density at radius 3 is 2.80 bits per heavy atom. The molecule has 1 nitrogen and oxygen atoms in total. The lowest BCUT2D eigenvalue weighted by atomic mass is 10.1. The van der Waals surface area contributed by atoms with Crippen molar-refractivity contribution < 1.29 is 4.79 Å². The Bertz CT molecular complexity index is 479. The zero-order valence-corrected chi connectivity index (χ0v) is 10.4. The van der Waals surface area contributed by atoms with E-state index in [2.05, 4.69) is 6.92 Å². The summed E-state index contributed by atoms with van der Waals surface area (Å²) in [5.74, 6) is 0.172. The Morgan fingerprint density at radius 1 is 1.40 bits per heavy atom. The zero-order chi connectivity index (χ0) is 10.8. The van der Waals surface area contributed by atoms with E-state index in [1.165, 1.54) is 4.88 Å². The van der Waals surface area contributed by atoms with Crippen LogP contribution in [0, 0.1) is 6.92 Å². The summed E-state index contributed by atoms with van der Waals surface area (Å²) in [4.78, 5) is 14.2. The van der Waals surface area contributed by atoms with Crippen LogP contribution in [0.25, 0.3) is 0 Å². The van der Waals surface area contributed by atoms with Gasteiger partial charge in [0.25, 0.3) is 0 Å². The van der Waals surface area contributed by atoms with Gasteiger partial charge in [0.05, 0.1) is 4.88 Å². The van der Waals surface area contributed by atoms with Crippen LogP contribution in [0.1, 0.15) is 32.6 Å². The third-order valence-electron chi connectivity index (χ3n) is 2.33. The second-order valence-corrected chi connectivity index (χ2v) is 5.44. The second-order valence-electron chi connectivity index (χ2n) is 3.40. The van der Waals surface area contributed by atoms with Gasteiger partial charge in [-0.05, 0) is 36.4 Å². The van der Waals surface area contributed by atoms with Crippen molar-refractivity contribution in [1.29, 1.82) is 0 Å². The van der Waals surface area contributed by atoms with Crippen LogP contribution in [-0.2, 0) is 6.42 Å². The number of hydrogen-bond donors (Lipinski definition) is 0. The SMILES string of the molecule is CCc1ccsc1C(=O)c1csc(C)c1. The van der Waals surface area contributed by atoms with Crippen LogP contribution >= 0.6 is 22.7 Å². The molecule has 2 aromatic heterocycles. The van der Waals surface area contributed by atoms with E-state index in [0.717, 1.165) is 22.4 Å². The van der Waals surface area contributed by atoms with Crippen LogP contribution in [0.5, 0.6) is 0 Å². The van der Waals surface area contributed by atoms with Gasteiger partial charge < -0.3 is 0 Å². The smallest absolute Gasteiger partial charge is 0.204 e. The molecule has 0 saturated carbocycles. The molecular formula is C12H12OS2. The van der Waals surface area contributed by atoms with Crippen molar-refractivity contribution >= 4 is 28.5 Å². The molecule has 15 heavy (non-hydrogen) atoms. The molecular weight excluding hydrogens is 224 g/mol. The average Bonchev–Trinajstić information content (AvgIpc) is 2.84. The highest BCUT2D eigenvalue weighted by molar-refractivity contribution is 7.13. The Hall–Kier alpha value is -0.930. The summed E-state index contributed by atoms with van der Waals surface area (Å²) < 4.78 is 0. The highest BCUT2D eigenvalue weighted by Gasteiger charge is 2.14. The predicted octanol–water partition coefficient (Wildman–Crippen LogP) is 3.91.